The van der Waals surface area contributed by atoms with Crippen LogP contribution in [-0.4, -0.2) is 58.9 Å². The number of hydrogen-bond donors (Lipinski definition) is 5. The van der Waals surface area contributed by atoms with Crippen LogP contribution >= 0.6 is 27.2 Å². The molecule has 5 atom stereocenters. The highest BCUT2D eigenvalue weighted by Crippen LogP contribution is 2.57. The molecule has 188 valence electrons. The van der Waals surface area contributed by atoms with Gasteiger partial charge in [-0.15, -0.1) is 0 Å². The number of phosphoric ester groups is 1. The minimum Gasteiger partial charge on any atom is -0.387 e. The Morgan fingerprint density at radius 3 is 2.29 bits per heavy atom. The van der Waals surface area contributed by atoms with E-state index in [1.54, 1.807) is 24.3 Å². The summed E-state index contributed by atoms with van der Waals surface area (Å²) >= 11 is 5.84. The van der Waals surface area contributed by atoms with E-state index in [9.17, 15) is 33.8 Å². The average molecular weight is 543 g/mol. The lowest BCUT2D eigenvalue weighted by Gasteiger charge is -2.19. The number of rotatable bonds is 9. The lowest BCUT2D eigenvalue weighted by molar-refractivity contribution is -0.0548. The van der Waals surface area contributed by atoms with Crippen LogP contribution in [0, 0.1) is 0 Å². The van der Waals surface area contributed by atoms with Crippen LogP contribution in [0.4, 0.5) is 0 Å². The molecule has 1 aliphatic heterocycles. The molecule has 17 heteroatoms. The van der Waals surface area contributed by atoms with Crippen molar-refractivity contribution in [3.05, 3.63) is 68.0 Å². The molecular weight excluding hydrogens is 522 g/mol. The zero-order chi connectivity index (χ0) is 25.3. The topological polar surface area (TPSA) is 207 Å². The van der Waals surface area contributed by atoms with Gasteiger partial charge in [-0.25, -0.2) is 13.9 Å². The highest BCUT2D eigenvalue weighted by atomic mass is 35.5. The summed E-state index contributed by atoms with van der Waals surface area (Å²) in [4.78, 5) is 51.7. The molecular formula is C17H21ClN2O12P2. The molecule has 0 bridgehead atoms. The first kappa shape index (κ1) is 26.9. The molecule has 5 N–H and O–H groups in total. The van der Waals surface area contributed by atoms with Gasteiger partial charge in [0.05, 0.1) is 6.61 Å². The Morgan fingerprint density at radius 2 is 1.68 bits per heavy atom. The summed E-state index contributed by atoms with van der Waals surface area (Å²) in [5, 5.41) is 21.1. The van der Waals surface area contributed by atoms with Gasteiger partial charge in [-0.2, -0.15) is 4.31 Å². The van der Waals surface area contributed by atoms with Crippen LogP contribution < -0.4 is 11.2 Å². The van der Waals surface area contributed by atoms with Gasteiger partial charge in [0, 0.05) is 23.8 Å². The zero-order valence-corrected chi connectivity index (χ0v) is 19.7. The fraction of sp³-hybridized carbons (Fsp3) is 0.412. The lowest BCUT2D eigenvalue weighted by Crippen LogP contribution is -2.43. The molecule has 1 aromatic heterocycles. The third kappa shape index (κ3) is 6.72. The third-order valence-corrected chi connectivity index (χ3v) is 7.26. The largest absolute Gasteiger partial charge is 0.481 e. The summed E-state index contributed by atoms with van der Waals surface area (Å²) < 4.78 is 37.5. The zero-order valence-electron chi connectivity index (χ0n) is 17.2. The molecule has 1 saturated heterocycles. The number of phosphoric acid groups is 2. The van der Waals surface area contributed by atoms with E-state index in [2.05, 4.69) is 8.83 Å². The van der Waals surface area contributed by atoms with Crippen molar-refractivity contribution in [3.63, 3.8) is 0 Å². The number of ether oxygens (including phenoxy) is 1. The monoisotopic (exact) mass is 542 g/mol. The van der Waals surface area contributed by atoms with Crippen molar-refractivity contribution < 1.29 is 47.6 Å². The molecule has 1 aliphatic rings. The molecule has 1 unspecified atom stereocenters. The summed E-state index contributed by atoms with van der Waals surface area (Å²) in [5.41, 5.74) is -0.655. The van der Waals surface area contributed by atoms with Gasteiger partial charge in [-0.05, 0) is 24.1 Å². The molecule has 0 amide bonds. The van der Waals surface area contributed by atoms with Gasteiger partial charge >= 0.3 is 21.3 Å². The number of halogens is 1. The first-order chi connectivity index (χ1) is 15.8. The molecule has 3 rings (SSSR count). The van der Waals surface area contributed by atoms with Crippen LogP contribution in [0.1, 0.15) is 11.8 Å². The van der Waals surface area contributed by atoms with Crippen molar-refractivity contribution in [2.75, 3.05) is 6.61 Å². The minimum absolute atomic E-state index is 0.00848. The second kappa shape index (κ2) is 10.5. The molecule has 34 heavy (non-hydrogen) atoms. The fourth-order valence-electron chi connectivity index (χ4n) is 3.25. The smallest absolute Gasteiger partial charge is 0.387 e. The number of aryl methyl sites for hydroxylation is 1. The highest BCUT2D eigenvalue weighted by molar-refractivity contribution is 7.60. The van der Waals surface area contributed by atoms with Gasteiger partial charge in [0.2, 0.25) is 0 Å². The summed E-state index contributed by atoms with van der Waals surface area (Å²) in [6, 6.07) is 7.84. The summed E-state index contributed by atoms with van der Waals surface area (Å²) in [5.74, 6) is 0. The Hall–Kier alpha value is -1.67. The van der Waals surface area contributed by atoms with Crippen LogP contribution in [-0.2, 0) is 35.7 Å². The average Bonchev–Trinajstić information content (AvgIpc) is 3.00. The fourth-order valence-corrected chi connectivity index (χ4v) is 4.97. The number of hydrogen-bond acceptors (Lipinski definition) is 9. The molecule has 14 nitrogen and oxygen atoms in total. The Bertz CT molecular complexity index is 1230. The highest BCUT2D eigenvalue weighted by Gasteiger charge is 2.45. The normalized spacial score (nSPS) is 24.8. The van der Waals surface area contributed by atoms with Crippen LogP contribution in [0.15, 0.2) is 46.1 Å². The maximum atomic E-state index is 12.9. The third-order valence-electron chi connectivity index (χ3n) is 4.86. The predicted octanol–water partition coefficient (Wildman–Crippen LogP) is -0.248. The van der Waals surface area contributed by atoms with Crippen LogP contribution in [0.5, 0.6) is 0 Å². The summed E-state index contributed by atoms with van der Waals surface area (Å²) in [7, 11) is -10.6. The lowest BCUT2D eigenvalue weighted by atomic mass is 10.1. The maximum absolute atomic E-state index is 12.9. The molecule has 0 spiro atoms. The van der Waals surface area contributed by atoms with Gasteiger partial charge in [-0.3, -0.25) is 18.5 Å². The second-order valence-corrected chi connectivity index (χ2v) is 10.5. The van der Waals surface area contributed by atoms with E-state index in [1.165, 1.54) is 0 Å². The van der Waals surface area contributed by atoms with Crippen molar-refractivity contribution in [1.82, 2.24) is 9.13 Å². The first-order valence-electron chi connectivity index (χ1n) is 9.60. The van der Waals surface area contributed by atoms with Crippen molar-refractivity contribution in [1.29, 1.82) is 0 Å². The van der Waals surface area contributed by atoms with Crippen molar-refractivity contribution in [2.45, 2.75) is 37.5 Å². The quantitative estimate of drug-likeness (QED) is 0.260. The van der Waals surface area contributed by atoms with E-state index in [0.717, 1.165) is 27.0 Å². The van der Waals surface area contributed by atoms with Gasteiger partial charge < -0.3 is 29.6 Å². The Labute approximate surface area is 196 Å². The predicted molar refractivity (Wildman–Crippen MR) is 115 cm³/mol. The number of aliphatic hydroxyl groups is 2. The SMILES string of the molecule is O=c1ccn([C@@H]2O[C@H](COP(=O)(O)OP(=O)(O)O)[C@@H](O)[C@H]2O)c(=O)n1CCc1ccc(Cl)cc1. The maximum Gasteiger partial charge on any atom is 0.481 e. The Kier molecular flexibility index (Phi) is 8.33. The molecule has 0 aliphatic carbocycles. The number of aliphatic hydroxyl groups excluding tert-OH is 2. The number of nitrogens with zero attached hydrogens (tertiary/aromatic N) is 2. The Balaban J connectivity index is 1.75. The van der Waals surface area contributed by atoms with Crippen molar-refractivity contribution >= 4 is 27.2 Å². The first-order valence-corrected chi connectivity index (χ1v) is 13.0. The van der Waals surface area contributed by atoms with Gasteiger partial charge in [0.25, 0.3) is 5.56 Å². The van der Waals surface area contributed by atoms with Gasteiger partial charge in [-0.1, -0.05) is 23.7 Å². The van der Waals surface area contributed by atoms with Crippen molar-refractivity contribution in [3.8, 4) is 0 Å². The van der Waals surface area contributed by atoms with Gasteiger partial charge in [0.15, 0.2) is 6.23 Å². The van der Waals surface area contributed by atoms with Crippen LogP contribution in [0.3, 0.4) is 0 Å². The standard InChI is InChI=1S/C17H21ClN2O12P2/c18-11-3-1-10(2-4-11)5-7-19-13(21)6-8-20(17(19)24)16-15(23)14(22)12(31-16)9-30-34(28,29)32-33(25,26)27/h1-4,6,8,12,14-16,22-23H,5,7,9H2,(H,28,29)(H2,25,26,27)/t12-,14-,15-,16-/m1/s1. The van der Waals surface area contributed by atoms with E-state index in [4.69, 9.17) is 26.1 Å². The Morgan fingerprint density at radius 1 is 1.03 bits per heavy atom. The second-order valence-electron chi connectivity index (χ2n) is 7.25. The molecule has 1 aromatic carbocycles. The molecule has 2 heterocycles. The van der Waals surface area contributed by atoms with E-state index in [1.807, 2.05) is 0 Å². The summed E-state index contributed by atoms with van der Waals surface area (Å²) in [6.45, 7) is -0.932. The van der Waals surface area contributed by atoms with Crippen LogP contribution in [0.25, 0.3) is 0 Å². The molecule has 0 radical (unpaired) electrons. The molecule has 1 fully saturated rings. The van der Waals surface area contributed by atoms with E-state index in [-0.39, 0.29) is 6.54 Å². The van der Waals surface area contributed by atoms with Gasteiger partial charge in [0.1, 0.15) is 18.3 Å². The molecule has 0 saturated carbocycles. The number of benzene rings is 1. The van der Waals surface area contributed by atoms with Crippen molar-refractivity contribution in [2.24, 2.45) is 0 Å². The van der Waals surface area contributed by atoms with E-state index >= 15 is 0 Å². The number of aromatic nitrogens is 2. The summed E-state index contributed by atoms with van der Waals surface area (Å²) in [6.07, 6.45) is -5.05. The minimum atomic E-state index is -5.36. The molecule has 2 aromatic rings. The van der Waals surface area contributed by atoms with Crippen LogP contribution in [0.2, 0.25) is 5.02 Å². The van der Waals surface area contributed by atoms with E-state index in [0.29, 0.717) is 11.4 Å². The van der Waals surface area contributed by atoms with E-state index < -0.39 is 58.0 Å².